The van der Waals surface area contributed by atoms with Crippen LogP contribution in [0.2, 0.25) is 0 Å². The summed E-state index contributed by atoms with van der Waals surface area (Å²) in [7, 11) is 0. The summed E-state index contributed by atoms with van der Waals surface area (Å²) >= 11 is 1.83. The zero-order chi connectivity index (χ0) is 12.4. The topological polar surface area (TPSA) is 16.1 Å². The number of benzene rings is 1. The molecule has 0 amide bonds. The van der Waals surface area contributed by atoms with Gasteiger partial charge in [0.2, 0.25) is 0 Å². The summed E-state index contributed by atoms with van der Waals surface area (Å²) < 4.78 is 0. The summed E-state index contributed by atoms with van der Waals surface area (Å²) in [5.74, 6) is 1.00. The van der Waals surface area contributed by atoms with Crippen LogP contribution >= 0.6 is 11.8 Å². The quantitative estimate of drug-likeness (QED) is 0.799. The third kappa shape index (κ3) is 2.02. The van der Waals surface area contributed by atoms with Gasteiger partial charge in [-0.05, 0) is 30.0 Å². The van der Waals surface area contributed by atoms with Gasteiger partial charge in [0.1, 0.15) is 11.2 Å². The van der Waals surface area contributed by atoms with E-state index in [2.05, 4.69) is 58.6 Å². The van der Waals surface area contributed by atoms with Gasteiger partial charge in [-0.3, -0.25) is 0 Å². The van der Waals surface area contributed by atoms with Crippen LogP contribution in [0.25, 0.3) is 0 Å². The average Bonchev–Trinajstić information content (AvgIpc) is 2.83. The van der Waals surface area contributed by atoms with E-state index in [-0.39, 0.29) is 0 Å². The summed E-state index contributed by atoms with van der Waals surface area (Å²) in [5.41, 5.74) is 2.55. The Morgan fingerprint density at radius 2 is 1.83 bits per heavy atom. The molecule has 18 heavy (non-hydrogen) atoms. The van der Waals surface area contributed by atoms with E-state index in [9.17, 15) is 0 Å². The van der Waals surface area contributed by atoms with E-state index in [1.165, 1.54) is 11.3 Å². The van der Waals surface area contributed by atoms with E-state index < -0.39 is 0 Å². The minimum absolute atomic E-state index is 0.293. The lowest BCUT2D eigenvalue weighted by atomic mass is 10.2. The first-order valence-corrected chi connectivity index (χ1v) is 6.88. The van der Waals surface area contributed by atoms with Crippen molar-refractivity contribution in [3.8, 4) is 0 Å². The van der Waals surface area contributed by atoms with Crippen LogP contribution in [0.1, 0.15) is 17.9 Å². The van der Waals surface area contributed by atoms with Gasteiger partial charge < -0.3 is 4.90 Å². The number of hydrogen-bond acceptors (Lipinski definition) is 3. The van der Waals surface area contributed by atoms with Crippen LogP contribution in [0, 0.1) is 0 Å². The highest BCUT2D eigenvalue weighted by Crippen LogP contribution is 2.44. The second-order valence-electron chi connectivity index (χ2n) is 4.22. The smallest absolute Gasteiger partial charge is 0.133 e. The lowest BCUT2D eigenvalue weighted by Crippen LogP contribution is -2.21. The van der Waals surface area contributed by atoms with Gasteiger partial charge in [-0.1, -0.05) is 36.4 Å². The molecule has 90 valence electrons. The third-order valence-corrected chi connectivity index (χ3v) is 4.18. The van der Waals surface area contributed by atoms with Gasteiger partial charge >= 0.3 is 0 Å². The fraction of sp³-hybridized carbons (Fsp3) is 0.133. The molecule has 2 heterocycles. The van der Waals surface area contributed by atoms with E-state index in [0.717, 1.165) is 5.82 Å². The van der Waals surface area contributed by atoms with Crippen molar-refractivity contribution in [3.63, 3.8) is 0 Å². The first kappa shape index (κ1) is 11.4. The molecule has 0 fully saturated rings. The van der Waals surface area contributed by atoms with Crippen LogP contribution in [0.3, 0.4) is 0 Å². The second-order valence-corrected chi connectivity index (χ2v) is 5.17. The Balaban J connectivity index is 1.98. The van der Waals surface area contributed by atoms with Crippen LogP contribution in [-0.2, 0) is 0 Å². The number of rotatable bonds is 2. The van der Waals surface area contributed by atoms with Gasteiger partial charge in [0.15, 0.2) is 0 Å². The van der Waals surface area contributed by atoms with E-state index in [1.54, 1.807) is 0 Å². The third-order valence-electron chi connectivity index (χ3n) is 2.96. The number of allylic oxidation sites excluding steroid dienone is 1. The molecule has 0 aliphatic carbocycles. The predicted molar refractivity (Wildman–Crippen MR) is 77.2 cm³/mol. The molecule has 0 bridgehead atoms. The van der Waals surface area contributed by atoms with Crippen molar-refractivity contribution in [2.45, 2.75) is 12.3 Å². The maximum absolute atomic E-state index is 4.46. The number of anilines is 1. The Morgan fingerprint density at radius 3 is 2.56 bits per heavy atom. The van der Waals surface area contributed by atoms with Crippen molar-refractivity contribution in [2.24, 2.45) is 0 Å². The highest BCUT2D eigenvalue weighted by atomic mass is 32.2. The van der Waals surface area contributed by atoms with Gasteiger partial charge in [0, 0.05) is 11.9 Å². The SMILES string of the molecule is CC1=CSC(c2ccccc2)N1c1ccccn1. The van der Waals surface area contributed by atoms with Crippen molar-refractivity contribution >= 4 is 17.6 Å². The van der Waals surface area contributed by atoms with E-state index in [4.69, 9.17) is 0 Å². The minimum atomic E-state index is 0.293. The molecular weight excluding hydrogens is 240 g/mol. The van der Waals surface area contributed by atoms with E-state index >= 15 is 0 Å². The van der Waals surface area contributed by atoms with Crippen molar-refractivity contribution in [1.29, 1.82) is 0 Å². The Bertz CT molecular complexity index is 551. The minimum Gasteiger partial charge on any atom is -0.313 e. The lowest BCUT2D eigenvalue weighted by molar-refractivity contribution is 0.888. The molecule has 1 atom stereocenters. The van der Waals surface area contributed by atoms with Crippen molar-refractivity contribution in [3.05, 3.63) is 71.4 Å². The molecule has 0 spiro atoms. The Hall–Kier alpha value is -1.74. The molecule has 0 radical (unpaired) electrons. The first-order valence-electron chi connectivity index (χ1n) is 5.94. The molecular formula is C15H14N2S. The average molecular weight is 254 g/mol. The molecule has 1 aliphatic rings. The Morgan fingerprint density at radius 1 is 1.06 bits per heavy atom. The molecule has 1 aromatic carbocycles. The molecule has 0 N–H and O–H groups in total. The molecule has 3 heteroatoms. The van der Waals surface area contributed by atoms with Crippen molar-refractivity contribution < 1.29 is 0 Å². The molecule has 1 unspecified atom stereocenters. The van der Waals surface area contributed by atoms with Gasteiger partial charge in [-0.25, -0.2) is 4.98 Å². The number of thioether (sulfide) groups is 1. The summed E-state index contributed by atoms with van der Waals surface area (Å²) in [4.78, 5) is 6.74. The van der Waals surface area contributed by atoms with Crippen LogP contribution in [0.5, 0.6) is 0 Å². The first-order chi connectivity index (χ1) is 8.86. The Labute approximate surface area is 111 Å². The van der Waals surface area contributed by atoms with Crippen LogP contribution in [-0.4, -0.2) is 4.98 Å². The van der Waals surface area contributed by atoms with Gasteiger partial charge in [0.25, 0.3) is 0 Å². The zero-order valence-corrected chi connectivity index (χ0v) is 11.0. The van der Waals surface area contributed by atoms with E-state index in [0.29, 0.717) is 5.37 Å². The molecule has 2 aromatic rings. The summed E-state index contributed by atoms with van der Waals surface area (Å²) in [6.45, 7) is 2.13. The number of aromatic nitrogens is 1. The predicted octanol–water partition coefficient (Wildman–Crippen LogP) is 4.19. The molecule has 1 aromatic heterocycles. The number of hydrogen-bond donors (Lipinski definition) is 0. The van der Waals surface area contributed by atoms with Crippen LogP contribution < -0.4 is 4.90 Å². The van der Waals surface area contributed by atoms with Crippen molar-refractivity contribution in [2.75, 3.05) is 4.90 Å². The standard InChI is InChI=1S/C15H14N2S/c1-12-11-18-15(13-7-3-2-4-8-13)17(12)14-9-5-6-10-16-14/h2-11,15H,1H3. The summed E-state index contributed by atoms with van der Waals surface area (Å²) in [5, 5.41) is 2.49. The van der Waals surface area contributed by atoms with Crippen LogP contribution in [0.15, 0.2) is 65.8 Å². The molecule has 2 nitrogen and oxygen atoms in total. The number of pyridine rings is 1. The molecule has 0 saturated carbocycles. The maximum Gasteiger partial charge on any atom is 0.133 e. The van der Waals surface area contributed by atoms with Gasteiger partial charge in [0.05, 0.1) is 0 Å². The zero-order valence-electron chi connectivity index (χ0n) is 10.2. The highest BCUT2D eigenvalue weighted by molar-refractivity contribution is 8.02. The lowest BCUT2D eigenvalue weighted by Gasteiger charge is -2.27. The summed E-state index contributed by atoms with van der Waals surface area (Å²) in [6.07, 6.45) is 1.84. The van der Waals surface area contributed by atoms with Crippen molar-refractivity contribution in [1.82, 2.24) is 4.98 Å². The second kappa shape index (κ2) is 4.86. The number of nitrogens with zero attached hydrogens (tertiary/aromatic N) is 2. The fourth-order valence-corrected chi connectivity index (χ4v) is 3.26. The largest absolute Gasteiger partial charge is 0.313 e. The summed E-state index contributed by atoms with van der Waals surface area (Å²) in [6, 6.07) is 16.6. The normalized spacial score (nSPS) is 18.8. The molecule has 1 aliphatic heterocycles. The maximum atomic E-state index is 4.46. The highest BCUT2D eigenvalue weighted by Gasteiger charge is 2.27. The molecule has 3 rings (SSSR count). The monoisotopic (exact) mass is 254 g/mol. The fourth-order valence-electron chi connectivity index (χ4n) is 2.11. The van der Waals surface area contributed by atoms with Gasteiger partial charge in [-0.15, -0.1) is 11.8 Å². The van der Waals surface area contributed by atoms with Gasteiger partial charge in [-0.2, -0.15) is 0 Å². The van der Waals surface area contributed by atoms with E-state index in [1.807, 2.05) is 30.1 Å². The molecule has 0 saturated heterocycles. The Kier molecular flexibility index (Phi) is 3.07. The van der Waals surface area contributed by atoms with Crippen LogP contribution in [0.4, 0.5) is 5.82 Å².